The first-order valence-corrected chi connectivity index (χ1v) is 11.4. The van der Waals surface area contributed by atoms with Crippen LogP contribution in [0.4, 0.5) is 0 Å². The Labute approximate surface area is 180 Å². The van der Waals surface area contributed by atoms with Gasteiger partial charge in [0.1, 0.15) is 24.4 Å². The van der Waals surface area contributed by atoms with Crippen LogP contribution in [-0.4, -0.2) is 101 Å². The maximum atomic E-state index is 12.8. The second kappa shape index (κ2) is 11.1. The molecule has 2 rings (SSSR count). The fourth-order valence-corrected chi connectivity index (χ4v) is 4.72. The Bertz CT molecular complexity index is 805. The number of hydrogen-bond acceptors (Lipinski definition) is 10. The van der Waals surface area contributed by atoms with Gasteiger partial charge < -0.3 is 40.1 Å². The van der Waals surface area contributed by atoms with Gasteiger partial charge in [0.25, 0.3) is 0 Å². The van der Waals surface area contributed by atoms with Gasteiger partial charge in [0.2, 0.25) is 10.0 Å². The van der Waals surface area contributed by atoms with Crippen LogP contribution in [0.2, 0.25) is 0 Å². The maximum Gasteiger partial charge on any atom is 0.241 e. The summed E-state index contributed by atoms with van der Waals surface area (Å²) in [6.45, 7) is 1.99. The van der Waals surface area contributed by atoms with Crippen LogP contribution in [0, 0.1) is 6.92 Å². The average Bonchev–Trinajstić information content (AvgIpc) is 2.75. The van der Waals surface area contributed by atoms with Crippen LogP contribution in [0.1, 0.15) is 18.9 Å². The van der Waals surface area contributed by atoms with Crippen LogP contribution in [0.25, 0.3) is 0 Å². The lowest BCUT2D eigenvalue weighted by Crippen LogP contribution is -2.60. The molecule has 3 unspecified atom stereocenters. The van der Waals surface area contributed by atoms with E-state index in [0.29, 0.717) is 5.56 Å². The third-order valence-corrected chi connectivity index (χ3v) is 6.85. The summed E-state index contributed by atoms with van der Waals surface area (Å²) in [7, 11) is -4.11. The van der Waals surface area contributed by atoms with E-state index in [4.69, 9.17) is 9.47 Å². The van der Waals surface area contributed by atoms with E-state index in [-0.39, 0.29) is 11.3 Å². The Hall–Kier alpha value is -1.19. The van der Waals surface area contributed by atoms with Crippen molar-refractivity contribution in [1.29, 1.82) is 0 Å². The smallest absolute Gasteiger partial charge is 0.241 e. The van der Waals surface area contributed by atoms with Crippen molar-refractivity contribution in [3.05, 3.63) is 29.8 Å². The summed E-state index contributed by atoms with van der Waals surface area (Å²) in [5.74, 6) is 0. The van der Waals surface area contributed by atoms with Crippen molar-refractivity contribution < 1.29 is 48.5 Å². The second-order valence-electron chi connectivity index (χ2n) is 7.49. The third-order valence-electron chi connectivity index (χ3n) is 5.20. The minimum atomic E-state index is -4.11. The minimum Gasteiger partial charge on any atom is -0.394 e. The molecule has 11 nitrogen and oxygen atoms in total. The number of aliphatic hydroxyl groups excluding tert-OH is 6. The second-order valence-corrected chi connectivity index (χ2v) is 9.17. The van der Waals surface area contributed by atoms with E-state index in [1.165, 1.54) is 6.07 Å². The molecule has 0 bridgehead atoms. The van der Waals surface area contributed by atoms with Gasteiger partial charge in [-0.2, -0.15) is 0 Å². The van der Waals surface area contributed by atoms with Gasteiger partial charge in [-0.1, -0.05) is 25.1 Å². The summed E-state index contributed by atoms with van der Waals surface area (Å²) in [6, 6.07) is 4.86. The Morgan fingerprint density at radius 1 is 1.13 bits per heavy atom. The Morgan fingerprint density at radius 2 is 1.77 bits per heavy atom. The van der Waals surface area contributed by atoms with E-state index in [1.54, 1.807) is 32.0 Å². The van der Waals surface area contributed by atoms with Gasteiger partial charge in [-0.25, -0.2) is 13.1 Å². The number of rotatable bonds is 10. The molecule has 12 heteroatoms. The summed E-state index contributed by atoms with van der Waals surface area (Å²) in [5.41, 5.74) is 0.467. The molecule has 1 aromatic carbocycles. The van der Waals surface area contributed by atoms with Crippen molar-refractivity contribution in [3.8, 4) is 0 Å². The number of benzene rings is 1. The predicted molar refractivity (Wildman–Crippen MR) is 107 cm³/mol. The van der Waals surface area contributed by atoms with Crippen LogP contribution in [-0.2, 0) is 19.5 Å². The van der Waals surface area contributed by atoms with Gasteiger partial charge in [-0.05, 0) is 25.0 Å². The van der Waals surface area contributed by atoms with E-state index in [1.807, 2.05) is 0 Å². The quantitative estimate of drug-likeness (QED) is 0.196. The summed E-state index contributed by atoms with van der Waals surface area (Å²) < 4.78 is 38.6. The van der Waals surface area contributed by atoms with Crippen LogP contribution < -0.4 is 4.72 Å². The highest BCUT2D eigenvalue weighted by atomic mass is 32.2. The van der Waals surface area contributed by atoms with E-state index < -0.39 is 72.2 Å². The largest absolute Gasteiger partial charge is 0.394 e. The molecule has 1 heterocycles. The molecule has 7 N–H and O–H groups in total. The molecule has 0 aromatic heterocycles. The molecule has 0 amide bonds. The Kier molecular flexibility index (Phi) is 9.33. The molecular formula is C19H31NO10S. The summed E-state index contributed by atoms with van der Waals surface area (Å²) in [6.07, 6.45) is -10.4. The highest BCUT2D eigenvalue weighted by molar-refractivity contribution is 7.89. The molecule has 0 aliphatic carbocycles. The number of hydrogen-bond donors (Lipinski definition) is 7. The zero-order valence-electron chi connectivity index (χ0n) is 17.3. The number of ether oxygens (including phenoxy) is 2. The number of aryl methyl sites for hydroxylation is 1. The molecule has 31 heavy (non-hydrogen) atoms. The van der Waals surface area contributed by atoms with Crippen molar-refractivity contribution in [1.82, 2.24) is 4.72 Å². The van der Waals surface area contributed by atoms with E-state index in [2.05, 4.69) is 4.72 Å². The van der Waals surface area contributed by atoms with E-state index in [9.17, 15) is 39.1 Å². The molecule has 178 valence electrons. The molecule has 1 fully saturated rings. The lowest BCUT2D eigenvalue weighted by molar-refractivity contribution is -0.303. The molecule has 1 aromatic rings. The first-order valence-electron chi connectivity index (χ1n) is 9.89. The minimum absolute atomic E-state index is 0.0222. The van der Waals surface area contributed by atoms with Gasteiger partial charge in [0.05, 0.1) is 36.4 Å². The van der Waals surface area contributed by atoms with Crippen molar-refractivity contribution in [2.24, 2.45) is 0 Å². The standard InChI is InChI=1S/C19H31NO10S/c1-3-12(22)15(23)11(20-31(27,28)14-7-5-4-6-10(14)2)9-29-19-18(26)17(25)16(24)13(8-21)30-19/h4-7,11-13,15-26H,3,8-9H2,1-2H3/t11-,12+,13?,15-,16-,17?,18?,19-/m0/s1. The van der Waals surface area contributed by atoms with Crippen molar-refractivity contribution in [2.45, 2.75) is 74.1 Å². The molecule has 1 aliphatic rings. The number of sulfonamides is 1. The van der Waals surface area contributed by atoms with E-state index >= 15 is 0 Å². The topological polar surface area (TPSA) is 186 Å². The van der Waals surface area contributed by atoms with Crippen LogP contribution in [0.5, 0.6) is 0 Å². The lowest BCUT2D eigenvalue weighted by Gasteiger charge is -2.40. The van der Waals surface area contributed by atoms with Crippen LogP contribution in [0.15, 0.2) is 29.2 Å². The molecule has 0 radical (unpaired) electrons. The Morgan fingerprint density at radius 3 is 2.35 bits per heavy atom. The molecular weight excluding hydrogens is 434 g/mol. The number of nitrogens with one attached hydrogen (secondary N) is 1. The van der Waals surface area contributed by atoms with Crippen molar-refractivity contribution in [2.75, 3.05) is 13.2 Å². The molecule has 0 spiro atoms. The van der Waals surface area contributed by atoms with Crippen molar-refractivity contribution in [3.63, 3.8) is 0 Å². The summed E-state index contributed by atoms with van der Waals surface area (Å²) in [5, 5.41) is 59.5. The van der Waals surface area contributed by atoms with Gasteiger partial charge in [0.15, 0.2) is 6.29 Å². The lowest BCUT2D eigenvalue weighted by atomic mass is 9.99. The molecule has 1 aliphatic heterocycles. The molecule has 0 saturated carbocycles. The van der Waals surface area contributed by atoms with E-state index in [0.717, 1.165) is 0 Å². The van der Waals surface area contributed by atoms with Crippen molar-refractivity contribution >= 4 is 10.0 Å². The molecule has 8 atom stereocenters. The zero-order valence-corrected chi connectivity index (χ0v) is 18.1. The van der Waals surface area contributed by atoms with Gasteiger partial charge in [-0.15, -0.1) is 0 Å². The fourth-order valence-electron chi connectivity index (χ4n) is 3.24. The number of aliphatic hydroxyl groups is 6. The summed E-state index contributed by atoms with van der Waals surface area (Å²) >= 11 is 0. The fraction of sp³-hybridized carbons (Fsp3) is 0.684. The normalized spacial score (nSPS) is 30.0. The van der Waals surface area contributed by atoms with Gasteiger partial charge in [0, 0.05) is 0 Å². The maximum absolute atomic E-state index is 12.8. The summed E-state index contributed by atoms with van der Waals surface area (Å²) in [4.78, 5) is -0.0222. The first kappa shape index (κ1) is 26.1. The van der Waals surface area contributed by atoms with Crippen LogP contribution >= 0.6 is 0 Å². The highest BCUT2D eigenvalue weighted by Gasteiger charge is 2.44. The predicted octanol–water partition coefficient (Wildman–Crippen LogP) is -2.41. The monoisotopic (exact) mass is 465 g/mol. The van der Waals surface area contributed by atoms with Crippen LogP contribution in [0.3, 0.4) is 0 Å². The van der Waals surface area contributed by atoms with Gasteiger partial charge in [-0.3, -0.25) is 0 Å². The van der Waals surface area contributed by atoms with Gasteiger partial charge >= 0.3 is 0 Å². The SMILES string of the molecule is CC[C@@H](O)[C@@H](O)[C@H](CO[C@H]1OC(CO)[C@H](O)C(O)C1O)NS(=O)(=O)c1ccccc1C. The highest BCUT2D eigenvalue weighted by Crippen LogP contribution is 2.23. The zero-order chi connectivity index (χ0) is 23.3. The molecule has 1 saturated heterocycles. The average molecular weight is 466 g/mol. The Balaban J connectivity index is 2.20. The first-order chi connectivity index (χ1) is 14.5. The third kappa shape index (κ3) is 6.20.